The number of nitrogens with one attached hydrogen (secondary N) is 2. The highest BCUT2D eigenvalue weighted by Gasteiger charge is 2.28. The summed E-state index contributed by atoms with van der Waals surface area (Å²) in [6, 6.07) is 5.73. The van der Waals surface area contributed by atoms with E-state index in [0.717, 1.165) is 61.3 Å². The lowest BCUT2D eigenvalue weighted by Gasteiger charge is -2.03. The quantitative estimate of drug-likeness (QED) is 0.333. The maximum absolute atomic E-state index is 11.5. The Morgan fingerprint density at radius 2 is 1.52 bits per heavy atom. The second-order valence-electron chi connectivity index (χ2n) is 10.5. The van der Waals surface area contributed by atoms with Crippen molar-refractivity contribution in [2.75, 3.05) is 0 Å². The number of aromatic nitrogens is 4. The van der Waals surface area contributed by atoms with Crippen LogP contribution in [0, 0.1) is 6.92 Å². The number of allylic oxidation sites excluding steroid dienone is 8. The summed E-state index contributed by atoms with van der Waals surface area (Å²) in [5.41, 5.74) is 11.1. The second-order valence-corrected chi connectivity index (χ2v) is 10.5. The Labute approximate surface area is 243 Å². The summed E-state index contributed by atoms with van der Waals surface area (Å²) in [6.07, 6.45) is 4.00. The van der Waals surface area contributed by atoms with E-state index in [9.17, 15) is 19.8 Å². The largest absolute Gasteiger partial charge is 0.481 e. The number of rotatable bonds is 8. The normalized spacial score (nSPS) is 13.9. The van der Waals surface area contributed by atoms with E-state index < -0.39 is 11.9 Å². The smallest absolute Gasteiger partial charge is 0.381 e. The average Bonchev–Trinajstić information content (AvgIpc) is 3.59. The van der Waals surface area contributed by atoms with Gasteiger partial charge in [-0.1, -0.05) is 25.3 Å². The van der Waals surface area contributed by atoms with Crippen LogP contribution in [0.1, 0.15) is 85.7 Å². The molecule has 0 unspecified atom stereocenters. The van der Waals surface area contributed by atoms with Crippen LogP contribution in [0.15, 0.2) is 47.9 Å². The molecule has 8 bridgehead atoms. The van der Waals surface area contributed by atoms with E-state index in [4.69, 9.17) is 14.4 Å². The van der Waals surface area contributed by atoms with Crippen LogP contribution < -0.4 is 4.98 Å². The summed E-state index contributed by atoms with van der Waals surface area (Å²) in [6.45, 7) is 15.7. The number of fused-ring (bicyclic) bond motifs is 8. The zero-order chi connectivity index (χ0) is 30.3. The molecular weight excluding hydrogens is 532 g/mol. The Kier molecular flexibility index (Phi) is 7.51. The zero-order valence-corrected chi connectivity index (χ0v) is 24.1. The topological polar surface area (TPSA) is 143 Å². The average molecular weight is 566 g/mol. The molecule has 5 heterocycles. The Hall–Kier alpha value is -5.05. The summed E-state index contributed by atoms with van der Waals surface area (Å²) in [4.78, 5) is 39.6. The highest BCUT2D eigenvalue weighted by Crippen LogP contribution is 2.37. The van der Waals surface area contributed by atoms with E-state index in [1.165, 1.54) is 0 Å². The van der Waals surface area contributed by atoms with Crippen molar-refractivity contribution in [3.05, 3.63) is 89.2 Å². The third kappa shape index (κ3) is 5.09. The third-order valence-corrected chi connectivity index (χ3v) is 7.99. The van der Waals surface area contributed by atoms with Gasteiger partial charge in [-0.3, -0.25) is 9.59 Å². The molecule has 0 saturated heterocycles. The summed E-state index contributed by atoms with van der Waals surface area (Å²) < 4.78 is 6.33. The zero-order valence-electron chi connectivity index (χ0n) is 24.1. The van der Waals surface area contributed by atoms with Crippen LogP contribution in [0.2, 0.25) is 0 Å². The number of aryl methyl sites for hydroxylation is 2. The van der Waals surface area contributed by atoms with E-state index in [2.05, 4.69) is 23.1 Å². The van der Waals surface area contributed by atoms with Crippen molar-refractivity contribution in [2.45, 2.75) is 53.4 Å². The van der Waals surface area contributed by atoms with Crippen molar-refractivity contribution in [2.24, 2.45) is 0 Å². The van der Waals surface area contributed by atoms with E-state index in [1.807, 2.05) is 45.9 Å². The fraction of sp³-hybridized carbons (Fsp3) is 0.242. The molecule has 0 spiro atoms. The maximum Gasteiger partial charge on any atom is 0.381 e. The van der Waals surface area contributed by atoms with Crippen molar-refractivity contribution >= 4 is 56.4 Å². The molecule has 2 aromatic rings. The van der Waals surface area contributed by atoms with Crippen molar-refractivity contribution in [1.29, 1.82) is 0 Å². The van der Waals surface area contributed by atoms with Crippen LogP contribution in [-0.2, 0) is 16.0 Å². The van der Waals surface area contributed by atoms with Gasteiger partial charge in [-0.2, -0.15) is 4.98 Å². The van der Waals surface area contributed by atoms with Crippen molar-refractivity contribution < 1.29 is 29.2 Å². The molecule has 0 atom stereocenters. The number of aromatic amines is 2. The number of carboxylic acids is 2. The third-order valence-electron chi connectivity index (χ3n) is 7.99. The number of nitrogens with zero attached hydrogens (tertiary/aromatic N) is 2. The second kappa shape index (κ2) is 11.1. The highest BCUT2D eigenvalue weighted by atomic mass is 16.4. The molecular formula is C33H33N4O5+. The van der Waals surface area contributed by atoms with Gasteiger partial charge < -0.3 is 19.6 Å². The minimum absolute atomic E-state index is 0.0409. The highest BCUT2D eigenvalue weighted by molar-refractivity contribution is 5.97. The Morgan fingerprint density at radius 3 is 2.19 bits per heavy atom. The first kappa shape index (κ1) is 28.5. The van der Waals surface area contributed by atoms with Crippen LogP contribution in [-0.4, -0.2) is 37.1 Å². The molecule has 0 saturated carbocycles. The van der Waals surface area contributed by atoms with Gasteiger partial charge in [0.1, 0.15) is 0 Å². The molecule has 5 rings (SSSR count). The number of carboxylic acid groups (broad SMARTS) is 2. The van der Waals surface area contributed by atoms with Gasteiger partial charge in [-0.05, 0) is 74.9 Å². The van der Waals surface area contributed by atoms with Crippen molar-refractivity contribution in [1.82, 2.24) is 15.0 Å². The fourth-order valence-electron chi connectivity index (χ4n) is 5.54. The first-order chi connectivity index (χ1) is 20.0. The molecule has 0 amide bonds. The van der Waals surface area contributed by atoms with E-state index in [-0.39, 0.29) is 12.8 Å². The lowest BCUT2D eigenvalue weighted by Crippen LogP contribution is -2.07. The maximum atomic E-state index is 11.5. The number of hydrogen-bond donors (Lipinski definition) is 3. The first-order valence-electron chi connectivity index (χ1n) is 13.7. The Morgan fingerprint density at radius 1 is 0.857 bits per heavy atom. The van der Waals surface area contributed by atoms with Crippen LogP contribution in [0.3, 0.4) is 0 Å². The number of H-pyrrole nitrogens is 2. The van der Waals surface area contributed by atoms with Gasteiger partial charge >= 0.3 is 17.8 Å². The van der Waals surface area contributed by atoms with Crippen LogP contribution >= 0.6 is 0 Å². The minimum Gasteiger partial charge on any atom is -0.481 e. The van der Waals surface area contributed by atoms with Gasteiger partial charge in [-0.15, -0.1) is 0 Å². The van der Waals surface area contributed by atoms with E-state index >= 15 is 0 Å². The van der Waals surface area contributed by atoms with Crippen LogP contribution in [0.25, 0.3) is 44.5 Å². The predicted molar refractivity (Wildman–Crippen MR) is 162 cm³/mol. The predicted octanol–water partition coefficient (Wildman–Crippen LogP) is 6.47. The monoisotopic (exact) mass is 565 g/mol. The number of carbonyl (C=O) groups is 2. The van der Waals surface area contributed by atoms with E-state index in [1.54, 1.807) is 12.2 Å². The van der Waals surface area contributed by atoms with Gasteiger partial charge in [0, 0.05) is 46.7 Å². The SMILES string of the molecule is C=CC1=C(C)c2nc1cc1[nH]c(cc3nc(cc4[nH+]c(o2)C(C=C)=C4C)C(C)=C3CCC(=O)O)c(CCC(=O)O)c1C. The number of hydrogen-bond acceptors (Lipinski definition) is 5. The molecule has 4 N–H and O–H groups in total. The van der Waals surface area contributed by atoms with Gasteiger partial charge in [0.05, 0.1) is 22.7 Å². The van der Waals surface area contributed by atoms with Crippen molar-refractivity contribution in [3.63, 3.8) is 0 Å². The summed E-state index contributed by atoms with van der Waals surface area (Å²) >= 11 is 0. The van der Waals surface area contributed by atoms with Gasteiger partial charge in [0.15, 0.2) is 0 Å². The molecule has 214 valence electrons. The molecule has 42 heavy (non-hydrogen) atoms. The molecule has 0 aromatic carbocycles. The first-order valence-corrected chi connectivity index (χ1v) is 13.7. The lowest BCUT2D eigenvalue weighted by molar-refractivity contribution is -0.398. The van der Waals surface area contributed by atoms with Crippen LogP contribution in [0.5, 0.6) is 0 Å². The molecule has 0 radical (unpaired) electrons. The molecule has 2 aromatic heterocycles. The van der Waals surface area contributed by atoms with E-state index in [0.29, 0.717) is 41.7 Å². The standard InChI is InChI=1S/C33H32N4O5/c1-7-20-19(6)32-37-27(20)14-25-18(5)23(10-12-31(40)41)29(35-25)15-28-22(9-11-30(38)39)17(4)24(34-28)13-26-16(3)21(8-2)33(36-26)42-32/h7-8,13-15,35H,1-2,9-12H2,3-6H3,(H,38,39)(H,40,41)/p+1. The van der Waals surface area contributed by atoms with Gasteiger partial charge in [0.25, 0.3) is 0 Å². The molecule has 9 nitrogen and oxygen atoms in total. The molecule has 3 aliphatic heterocycles. The molecule has 0 fully saturated rings. The lowest BCUT2D eigenvalue weighted by atomic mass is 10.00. The molecule has 9 heteroatoms. The Balaban J connectivity index is 1.92. The summed E-state index contributed by atoms with van der Waals surface area (Å²) in [5.74, 6) is -0.857. The summed E-state index contributed by atoms with van der Waals surface area (Å²) in [5, 5.41) is 18.9. The minimum atomic E-state index is -0.896. The van der Waals surface area contributed by atoms with Crippen molar-refractivity contribution in [3.8, 4) is 0 Å². The number of aliphatic carboxylic acids is 2. The molecule has 3 aliphatic rings. The summed E-state index contributed by atoms with van der Waals surface area (Å²) in [7, 11) is 0. The molecule has 0 aliphatic carbocycles. The fourth-order valence-corrected chi connectivity index (χ4v) is 5.54. The van der Waals surface area contributed by atoms with Gasteiger partial charge in [-0.25, -0.2) is 9.97 Å². The van der Waals surface area contributed by atoms with Gasteiger partial charge in [0.2, 0.25) is 11.6 Å². The van der Waals surface area contributed by atoms with Crippen LogP contribution in [0.4, 0.5) is 0 Å². The Bertz CT molecular complexity index is 1860.